The molecule has 0 aliphatic rings. The maximum Gasteiger partial charge on any atom is 0.138 e. The number of hydrogen-bond acceptors (Lipinski definition) is 2. The number of benzene rings is 7. The zero-order valence-corrected chi connectivity index (χ0v) is 25.0. The van der Waals surface area contributed by atoms with E-state index < -0.39 is 0 Å². The van der Waals surface area contributed by atoms with Crippen molar-refractivity contribution in [2.75, 3.05) is 4.90 Å². The molecule has 7 aromatic carbocycles. The molecular weight excluding hydrogens is 546 g/mol. The summed E-state index contributed by atoms with van der Waals surface area (Å²) < 4.78 is 6.40. The molecule has 45 heavy (non-hydrogen) atoms. The van der Waals surface area contributed by atoms with Crippen molar-refractivity contribution >= 4 is 38.8 Å². The third-order valence-corrected chi connectivity index (χ3v) is 8.65. The maximum atomic E-state index is 6.40. The zero-order chi connectivity index (χ0) is 30.2. The van der Waals surface area contributed by atoms with Crippen LogP contribution in [0.2, 0.25) is 0 Å². The summed E-state index contributed by atoms with van der Waals surface area (Å²) in [5.74, 6) is 0.904. The van der Waals surface area contributed by atoms with Gasteiger partial charge >= 0.3 is 0 Å². The van der Waals surface area contributed by atoms with E-state index in [4.69, 9.17) is 4.42 Å². The molecule has 0 radical (unpaired) electrons. The summed E-state index contributed by atoms with van der Waals surface area (Å²) in [5, 5.41) is 3.64. The monoisotopic (exact) mass is 577 g/mol. The van der Waals surface area contributed by atoms with E-state index in [1.165, 1.54) is 33.0 Å². The van der Waals surface area contributed by atoms with Gasteiger partial charge in [0.2, 0.25) is 0 Å². The SMILES string of the molecule is Cc1c(-c2cccc(N(c3ccc(-c4ccc5ccccc5c4)cc3)c3ccccc3-c3ccccc3)c2)oc2ccccc12. The molecule has 0 fully saturated rings. The van der Waals surface area contributed by atoms with E-state index >= 15 is 0 Å². The lowest BCUT2D eigenvalue weighted by molar-refractivity contribution is 0.629. The van der Waals surface area contributed by atoms with Crippen molar-refractivity contribution in [2.24, 2.45) is 0 Å². The zero-order valence-electron chi connectivity index (χ0n) is 25.0. The standard InChI is InChI=1S/C43H31NO/c1-30-39-18-8-10-21-42(39)45-43(30)36-16-11-17-38(29-36)44(41-20-9-7-19-40(41)33-13-3-2-4-14-33)37-26-24-32(25-27-37)35-23-22-31-12-5-6-15-34(31)28-35/h2-29H,1H3. The van der Waals surface area contributed by atoms with Crippen LogP contribution in [0.15, 0.2) is 174 Å². The van der Waals surface area contributed by atoms with E-state index in [1.54, 1.807) is 0 Å². The first-order valence-corrected chi connectivity index (χ1v) is 15.4. The average molecular weight is 578 g/mol. The fourth-order valence-corrected chi connectivity index (χ4v) is 6.37. The van der Waals surface area contributed by atoms with Crippen LogP contribution in [0.25, 0.3) is 55.3 Å². The minimum Gasteiger partial charge on any atom is -0.456 e. The summed E-state index contributed by atoms with van der Waals surface area (Å²) >= 11 is 0. The molecule has 2 nitrogen and oxygen atoms in total. The molecule has 0 saturated heterocycles. The molecule has 1 aromatic heterocycles. The highest BCUT2D eigenvalue weighted by Gasteiger charge is 2.19. The van der Waals surface area contributed by atoms with Crippen LogP contribution in [0.1, 0.15) is 5.56 Å². The Morgan fingerprint density at radius 1 is 0.444 bits per heavy atom. The quantitative estimate of drug-likeness (QED) is 0.195. The number of nitrogens with zero attached hydrogens (tertiary/aromatic N) is 1. The normalized spacial score (nSPS) is 11.2. The smallest absolute Gasteiger partial charge is 0.138 e. The first-order chi connectivity index (χ1) is 22.2. The van der Waals surface area contributed by atoms with Gasteiger partial charge in [0.05, 0.1) is 5.69 Å². The van der Waals surface area contributed by atoms with E-state index in [9.17, 15) is 0 Å². The fourth-order valence-electron chi connectivity index (χ4n) is 6.37. The van der Waals surface area contributed by atoms with Crippen molar-refractivity contribution < 1.29 is 4.42 Å². The summed E-state index contributed by atoms with van der Waals surface area (Å²) in [6, 6.07) is 60.3. The van der Waals surface area contributed by atoms with E-state index in [1.807, 2.05) is 12.1 Å². The predicted molar refractivity (Wildman–Crippen MR) is 189 cm³/mol. The van der Waals surface area contributed by atoms with Crippen molar-refractivity contribution in [2.45, 2.75) is 6.92 Å². The van der Waals surface area contributed by atoms with Gasteiger partial charge in [0, 0.05) is 33.5 Å². The molecule has 0 N–H and O–H groups in total. The molecule has 1 heterocycles. The molecular formula is C43H31NO. The van der Waals surface area contributed by atoms with E-state index in [-0.39, 0.29) is 0 Å². The summed E-state index contributed by atoms with van der Waals surface area (Å²) in [4.78, 5) is 2.36. The van der Waals surface area contributed by atoms with Gasteiger partial charge in [-0.25, -0.2) is 0 Å². The van der Waals surface area contributed by atoms with Crippen molar-refractivity contribution in [3.8, 4) is 33.6 Å². The van der Waals surface area contributed by atoms with Gasteiger partial charge in [-0.05, 0) is 76.9 Å². The summed E-state index contributed by atoms with van der Waals surface area (Å²) in [6.45, 7) is 2.14. The maximum absolute atomic E-state index is 6.40. The molecule has 2 heteroatoms. The van der Waals surface area contributed by atoms with E-state index in [0.717, 1.165) is 44.9 Å². The topological polar surface area (TPSA) is 16.4 Å². The van der Waals surface area contributed by atoms with Crippen LogP contribution in [-0.4, -0.2) is 0 Å². The molecule has 0 amide bonds. The average Bonchev–Trinajstić information content (AvgIpc) is 3.45. The molecule has 214 valence electrons. The lowest BCUT2D eigenvalue weighted by Gasteiger charge is -2.28. The van der Waals surface area contributed by atoms with E-state index in [2.05, 4.69) is 170 Å². The van der Waals surface area contributed by atoms with Crippen molar-refractivity contribution in [1.29, 1.82) is 0 Å². The highest BCUT2D eigenvalue weighted by Crippen LogP contribution is 2.43. The number of hydrogen-bond donors (Lipinski definition) is 0. The van der Waals surface area contributed by atoms with Crippen LogP contribution < -0.4 is 4.90 Å². The van der Waals surface area contributed by atoms with Gasteiger partial charge in [-0.1, -0.05) is 127 Å². The predicted octanol–water partition coefficient (Wildman–Crippen LogP) is 12.4. The van der Waals surface area contributed by atoms with Crippen molar-refractivity contribution in [3.63, 3.8) is 0 Å². The first-order valence-electron chi connectivity index (χ1n) is 15.4. The van der Waals surface area contributed by atoms with Gasteiger partial charge in [-0.2, -0.15) is 0 Å². The third kappa shape index (κ3) is 4.97. The molecule has 0 atom stereocenters. The number of furan rings is 1. The molecule has 0 spiro atoms. The van der Waals surface area contributed by atoms with Crippen LogP contribution in [-0.2, 0) is 0 Å². The Bertz CT molecular complexity index is 2280. The number of anilines is 3. The Balaban J connectivity index is 1.27. The lowest BCUT2D eigenvalue weighted by Crippen LogP contribution is -2.11. The summed E-state index contributed by atoms with van der Waals surface area (Å²) in [5.41, 5.74) is 11.1. The van der Waals surface area contributed by atoms with Gasteiger partial charge < -0.3 is 9.32 Å². The Kier molecular flexibility index (Phi) is 6.73. The minimum atomic E-state index is 0.904. The molecule has 0 aliphatic carbocycles. The Morgan fingerprint density at radius 3 is 1.98 bits per heavy atom. The second kappa shape index (κ2) is 11.3. The lowest BCUT2D eigenvalue weighted by atomic mass is 9.99. The third-order valence-electron chi connectivity index (χ3n) is 8.65. The van der Waals surface area contributed by atoms with Gasteiger partial charge in [0.15, 0.2) is 0 Å². The molecule has 0 saturated carbocycles. The first kappa shape index (κ1) is 26.7. The minimum absolute atomic E-state index is 0.904. The van der Waals surface area contributed by atoms with Crippen LogP contribution >= 0.6 is 0 Å². The van der Waals surface area contributed by atoms with Crippen LogP contribution in [0.4, 0.5) is 17.1 Å². The van der Waals surface area contributed by atoms with Gasteiger partial charge in [0.25, 0.3) is 0 Å². The van der Waals surface area contributed by atoms with Crippen molar-refractivity contribution in [3.05, 3.63) is 175 Å². The number of aryl methyl sites for hydroxylation is 1. The van der Waals surface area contributed by atoms with Crippen molar-refractivity contribution in [1.82, 2.24) is 0 Å². The highest BCUT2D eigenvalue weighted by molar-refractivity contribution is 5.92. The Morgan fingerprint density at radius 2 is 1.13 bits per heavy atom. The largest absolute Gasteiger partial charge is 0.456 e. The van der Waals surface area contributed by atoms with Crippen LogP contribution in [0.5, 0.6) is 0 Å². The van der Waals surface area contributed by atoms with Crippen LogP contribution in [0.3, 0.4) is 0 Å². The summed E-state index contributed by atoms with van der Waals surface area (Å²) in [6.07, 6.45) is 0. The number of rotatable bonds is 6. The molecule has 0 aliphatic heterocycles. The Hall–Kier alpha value is -5.86. The van der Waals surface area contributed by atoms with Crippen LogP contribution in [0, 0.1) is 6.92 Å². The number of para-hydroxylation sites is 2. The van der Waals surface area contributed by atoms with Gasteiger partial charge in [0.1, 0.15) is 11.3 Å². The Labute approximate surface area is 263 Å². The molecule has 0 bridgehead atoms. The van der Waals surface area contributed by atoms with E-state index in [0.29, 0.717) is 0 Å². The fraction of sp³-hybridized carbons (Fsp3) is 0.0233. The second-order valence-electron chi connectivity index (χ2n) is 11.4. The molecule has 8 aromatic rings. The van der Waals surface area contributed by atoms with Gasteiger partial charge in [-0.15, -0.1) is 0 Å². The molecule has 8 rings (SSSR count). The van der Waals surface area contributed by atoms with Gasteiger partial charge in [-0.3, -0.25) is 0 Å². The second-order valence-corrected chi connectivity index (χ2v) is 11.4. The molecule has 0 unspecified atom stereocenters. The number of fused-ring (bicyclic) bond motifs is 2. The summed E-state index contributed by atoms with van der Waals surface area (Å²) in [7, 11) is 0. The highest BCUT2D eigenvalue weighted by atomic mass is 16.3.